The Morgan fingerprint density at radius 3 is 2.00 bits per heavy atom. The third-order valence-corrected chi connectivity index (χ3v) is 2.04. The van der Waals surface area contributed by atoms with Gasteiger partial charge in [0.15, 0.2) is 0 Å². The molecule has 5 heteroatoms. The van der Waals surface area contributed by atoms with Crippen LogP contribution in [0, 0.1) is 0 Å². The van der Waals surface area contributed by atoms with Gasteiger partial charge in [0.1, 0.15) is 0 Å². The van der Waals surface area contributed by atoms with E-state index in [9.17, 15) is 13.2 Å². The molecule has 1 rings (SSSR count). The smallest absolute Gasteiger partial charge is 0.166 e. The molecular weight excluding hydrogens is 236 g/mol. The van der Waals surface area contributed by atoms with Gasteiger partial charge in [0.2, 0.25) is 0 Å². The van der Waals surface area contributed by atoms with E-state index >= 15 is 0 Å². The SMILES string of the molecule is FC(F)(F)C(=CCl)c1ccc(Cl)cc1. The van der Waals surface area contributed by atoms with Crippen LogP contribution in [0.25, 0.3) is 5.57 Å². The quantitative estimate of drug-likeness (QED) is 0.679. The molecule has 0 saturated carbocycles. The van der Waals surface area contributed by atoms with Crippen molar-refractivity contribution >= 4 is 28.8 Å². The number of allylic oxidation sites excluding steroid dienone is 1. The molecule has 0 N–H and O–H groups in total. The Morgan fingerprint density at radius 1 is 1.14 bits per heavy atom. The van der Waals surface area contributed by atoms with Crippen molar-refractivity contribution in [3.8, 4) is 0 Å². The van der Waals surface area contributed by atoms with E-state index in [1.54, 1.807) is 0 Å². The molecule has 0 aliphatic carbocycles. The van der Waals surface area contributed by atoms with Gasteiger partial charge < -0.3 is 0 Å². The minimum absolute atomic E-state index is 0.00287. The molecule has 0 unspecified atom stereocenters. The fraction of sp³-hybridized carbons (Fsp3) is 0.111. The van der Waals surface area contributed by atoms with Gasteiger partial charge in [0.25, 0.3) is 0 Å². The van der Waals surface area contributed by atoms with Crippen LogP contribution < -0.4 is 0 Å². The summed E-state index contributed by atoms with van der Waals surface area (Å²) in [6.45, 7) is 0. The van der Waals surface area contributed by atoms with Crippen LogP contribution in [0.4, 0.5) is 13.2 Å². The summed E-state index contributed by atoms with van der Waals surface area (Å²) in [5.41, 5.74) is -0.365. The third-order valence-electron chi connectivity index (χ3n) is 1.57. The minimum Gasteiger partial charge on any atom is -0.166 e. The molecule has 0 aliphatic rings. The summed E-state index contributed by atoms with van der Waals surface area (Å²) < 4.78 is 37.0. The van der Waals surface area contributed by atoms with Gasteiger partial charge in [-0.25, -0.2) is 0 Å². The molecule has 0 bridgehead atoms. The molecule has 14 heavy (non-hydrogen) atoms. The number of halogens is 5. The zero-order valence-electron chi connectivity index (χ0n) is 6.78. The molecule has 1 aromatic carbocycles. The van der Waals surface area contributed by atoms with Gasteiger partial charge in [-0.2, -0.15) is 13.2 Å². The Hall–Kier alpha value is -0.670. The van der Waals surface area contributed by atoms with Gasteiger partial charge in [-0.3, -0.25) is 0 Å². The van der Waals surface area contributed by atoms with E-state index in [1.807, 2.05) is 0 Å². The first-order valence-electron chi connectivity index (χ1n) is 3.58. The van der Waals surface area contributed by atoms with Crippen molar-refractivity contribution < 1.29 is 13.2 Å². The molecule has 76 valence electrons. The van der Waals surface area contributed by atoms with Gasteiger partial charge in [-0.15, -0.1) is 0 Å². The predicted molar refractivity (Wildman–Crippen MR) is 51.3 cm³/mol. The molecule has 0 fully saturated rings. The lowest BCUT2D eigenvalue weighted by Crippen LogP contribution is -2.09. The third kappa shape index (κ3) is 2.66. The summed E-state index contributed by atoms with van der Waals surface area (Å²) in [4.78, 5) is 0. The Morgan fingerprint density at radius 2 is 1.64 bits per heavy atom. The van der Waals surface area contributed by atoms with E-state index in [4.69, 9.17) is 23.2 Å². The van der Waals surface area contributed by atoms with E-state index < -0.39 is 11.7 Å². The Labute approximate surface area is 88.9 Å². The first-order valence-corrected chi connectivity index (χ1v) is 4.40. The highest BCUT2D eigenvalue weighted by atomic mass is 35.5. The highest BCUT2D eigenvalue weighted by molar-refractivity contribution is 6.30. The van der Waals surface area contributed by atoms with Gasteiger partial charge in [-0.1, -0.05) is 35.3 Å². The maximum absolute atomic E-state index is 12.3. The summed E-state index contributed by atoms with van der Waals surface area (Å²) in [6.07, 6.45) is -4.45. The number of benzene rings is 1. The van der Waals surface area contributed by atoms with Crippen LogP contribution in [-0.2, 0) is 0 Å². The van der Waals surface area contributed by atoms with Crippen molar-refractivity contribution in [2.75, 3.05) is 0 Å². The molecule has 0 radical (unpaired) electrons. The Bertz CT molecular complexity index is 338. The average Bonchev–Trinajstić information content (AvgIpc) is 2.07. The molecule has 1 aromatic rings. The lowest BCUT2D eigenvalue weighted by atomic mass is 10.1. The zero-order valence-corrected chi connectivity index (χ0v) is 8.29. The van der Waals surface area contributed by atoms with Crippen LogP contribution in [0.3, 0.4) is 0 Å². The number of hydrogen-bond donors (Lipinski definition) is 0. The fourth-order valence-corrected chi connectivity index (χ4v) is 1.29. The molecule has 0 nitrogen and oxygen atoms in total. The largest absolute Gasteiger partial charge is 0.417 e. The molecule has 0 amide bonds. The van der Waals surface area contributed by atoms with Gasteiger partial charge in [0, 0.05) is 10.6 Å². The fourth-order valence-electron chi connectivity index (χ4n) is 0.918. The van der Waals surface area contributed by atoms with Crippen molar-refractivity contribution in [2.45, 2.75) is 6.18 Å². The summed E-state index contributed by atoms with van der Waals surface area (Å²) in [5, 5.41) is 0.379. The molecule has 0 heterocycles. The van der Waals surface area contributed by atoms with Gasteiger partial charge in [-0.05, 0) is 17.7 Å². The van der Waals surface area contributed by atoms with Crippen molar-refractivity contribution in [3.63, 3.8) is 0 Å². The number of alkyl halides is 3. The number of rotatable bonds is 1. The second-order valence-electron chi connectivity index (χ2n) is 2.53. The van der Waals surface area contributed by atoms with Gasteiger partial charge >= 0.3 is 6.18 Å². The number of hydrogen-bond acceptors (Lipinski definition) is 0. The normalized spacial score (nSPS) is 13.1. The van der Waals surface area contributed by atoms with Crippen molar-refractivity contribution in [2.24, 2.45) is 0 Å². The lowest BCUT2D eigenvalue weighted by molar-refractivity contribution is -0.0687. The molecule has 0 saturated heterocycles. The average molecular weight is 241 g/mol. The molecule has 0 atom stereocenters. The first-order chi connectivity index (χ1) is 6.45. The van der Waals surface area contributed by atoms with E-state index in [0.29, 0.717) is 10.6 Å². The summed E-state index contributed by atoms with van der Waals surface area (Å²) in [6, 6.07) is 5.29. The first kappa shape index (κ1) is 11.4. The highest BCUT2D eigenvalue weighted by Gasteiger charge is 2.34. The molecule has 0 aromatic heterocycles. The Balaban J connectivity index is 3.10. The van der Waals surface area contributed by atoms with E-state index in [0.717, 1.165) is 0 Å². The molecule has 0 aliphatic heterocycles. The highest BCUT2D eigenvalue weighted by Crippen LogP contribution is 2.34. The van der Waals surface area contributed by atoms with E-state index in [1.165, 1.54) is 24.3 Å². The monoisotopic (exact) mass is 240 g/mol. The maximum Gasteiger partial charge on any atom is 0.417 e. The van der Waals surface area contributed by atoms with Crippen LogP contribution in [0.2, 0.25) is 5.02 Å². The van der Waals surface area contributed by atoms with Crippen LogP contribution in [0.5, 0.6) is 0 Å². The van der Waals surface area contributed by atoms with Crippen LogP contribution in [0.15, 0.2) is 29.8 Å². The van der Waals surface area contributed by atoms with Crippen LogP contribution >= 0.6 is 23.2 Å². The van der Waals surface area contributed by atoms with Gasteiger partial charge in [0.05, 0.1) is 5.57 Å². The zero-order chi connectivity index (χ0) is 10.8. The van der Waals surface area contributed by atoms with Crippen molar-refractivity contribution in [3.05, 3.63) is 40.4 Å². The molecule has 0 spiro atoms. The second kappa shape index (κ2) is 4.24. The van der Waals surface area contributed by atoms with Crippen LogP contribution in [0.1, 0.15) is 5.56 Å². The van der Waals surface area contributed by atoms with E-state index in [-0.39, 0.29) is 5.56 Å². The molecular formula is C9H5Cl2F3. The summed E-state index contributed by atoms with van der Waals surface area (Å²) in [7, 11) is 0. The summed E-state index contributed by atoms with van der Waals surface area (Å²) >= 11 is 10.7. The van der Waals surface area contributed by atoms with Crippen molar-refractivity contribution in [1.29, 1.82) is 0 Å². The minimum atomic E-state index is -4.45. The predicted octanol–water partition coefficient (Wildman–Crippen LogP) is 4.48. The standard InChI is InChI=1S/C9H5Cl2F3/c10-5-8(9(12,13)14)6-1-3-7(11)4-2-6/h1-5H. The summed E-state index contributed by atoms with van der Waals surface area (Å²) in [5.74, 6) is 0. The second-order valence-corrected chi connectivity index (χ2v) is 3.18. The topological polar surface area (TPSA) is 0 Å². The van der Waals surface area contributed by atoms with Crippen LogP contribution in [-0.4, -0.2) is 6.18 Å². The lowest BCUT2D eigenvalue weighted by Gasteiger charge is -2.10. The van der Waals surface area contributed by atoms with Crippen molar-refractivity contribution in [1.82, 2.24) is 0 Å². The van der Waals surface area contributed by atoms with E-state index in [2.05, 4.69) is 0 Å². The maximum atomic E-state index is 12.3. The Kier molecular flexibility index (Phi) is 3.45.